The molecule has 54 heavy (non-hydrogen) atoms. The molecule has 0 radical (unpaired) electrons. The van der Waals surface area contributed by atoms with Crippen molar-refractivity contribution in [2.75, 3.05) is 4.90 Å². The van der Waals surface area contributed by atoms with Gasteiger partial charge in [0.05, 0.1) is 11.4 Å². The average molecular weight is 710 g/mol. The number of hydrogen-bond donors (Lipinski definition) is 0. The average Bonchev–Trinajstić information content (AvgIpc) is 3.78. The Balaban J connectivity index is 1.18. The first-order chi connectivity index (χ1) is 26.3. The van der Waals surface area contributed by atoms with E-state index in [0.717, 1.165) is 5.69 Å². The van der Waals surface area contributed by atoms with Crippen LogP contribution in [0.3, 0.4) is 0 Å². The van der Waals surface area contributed by atoms with E-state index in [1.807, 2.05) is 11.3 Å². The van der Waals surface area contributed by atoms with Crippen molar-refractivity contribution in [3.63, 3.8) is 0 Å². The van der Waals surface area contributed by atoms with Gasteiger partial charge in [0.2, 0.25) is 0 Å². The van der Waals surface area contributed by atoms with E-state index in [-0.39, 0.29) is 10.8 Å². The van der Waals surface area contributed by atoms with Crippen LogP contribution < -0.4 is 4.90 Å². The predicted octanol–water partition coefficient (Wildman–Crippen LogP) is 15.0. The van der Waals surface area contributed by atoms with Crippen LogP contribution in [0.4, 0.5) is 17.1 Å². The zero-order valence-electron chi connectivity index (χ0n) is 30.9. The molecule has 2 aliphatic carbocycles. The van der Waals surface area contributed by atoms with Gasteiger partial charge < -0.3 is 4.90 Å². The zero-order valence-corrected chi connectivity index (χ0v) is 31.8. The molecule has 258 valence electrons. The van der Waals surface area contributed by atoms with E-state index in [2.05, 4.69) is 196 Å². The van der Waals surface area contributed by atoms with Gasteiger partial charge in [-0.1, -0.05) is 149 Å². The molecule has 0 spiro atoms. The van der Waals surface area contributed by atoms with Gasteiger partial charge in [-0.15, -0.1) is 11.3 Å². The Bertz CT molecular complexity index is 3000. The van der Waals surface area contributed by atoms with Crippen molar-refractivity contribution in [2.24, 2.45) is 0 Å². The van der Waals surface area contributed by atoms with E-state index in [4.69, 9.17) is 0 Å². The minimum absolute atomic E-state index is 0.109. The van der Waals surface area contributed by atoms with Crippen LogP contribution in [0.25, 0.3) is 64.3 Å². The number of rotatable bonds is 4. The summed E-state index contributed by atoms with van der Waals surface area (Å²) in [7, 11) is 0. The maximum Gasteiger partial charge on any atom is 0.0549 e. The third-order valence-corrected chi connectivity index (χ3v) is 13.6. The number of benzene rings is 8. The van der Waals surface area contributed by atoms with E-state index < -0.39 is 0 Å². The highest BCUT2D eigenvalue weighted by Gasteiger charge is 2.41. The van der Waals surface area contributed by atoms with Gasteiger partial charge in [0.25, 0.3) is 0 Å². The van der Waals surface area contributed by atoms with Crippen molar-refractivity contribution < 1.29 is 0 Å². The van der Waals surface area contributed by atoms with E-state index >= 15 is 0 Å². The maximum atomic E-state index is 2.57. The van der Waals surface area contributed by atoms with Gasteiger partial charge >= 0.3 is 0 Å². The minimum atomic E-state index is -0.158. The predicted molar refractivity (Wildman–Crippen MR) is 232 cm³/mol. The molecule has 0 saturated carbocycles. The van der Waals surface area contributed by atoms with Crippen LogP contribution in [0.5, 0.6) is 0 Å². The molecule has 8 aromatic carbocycles. The lowest BCUT2D eigenvalue weighted by Crippen LogP contribution is -2.17. The Hall–Kier alpha value is -5.96. The maximum absolute atomic E-state index is 2.57. The first-order valence-corrected chi connectivity index (χ1v) is 19.8. The van der Waals surface area contributed by atoms with Gasteiger partial charge in [-0.2, -0.15) is 0 Å². The molecular weight excluding hydrogens is 671 g/mol. The summed E-state index contributed by atoms with van der Waals surface area (Å²) >= 11 is 1.87. The van der Waals surface area contributed by atoms with E-state index in [1.54, 1.807) is 0 Å². The topological polar surface area (TPSA) is 3.24 Å². The summed E-state index contributed by atoms with van der Waals surface area (Å²) in [5, 5.41) is 5.25. The Morgan fingerprint density at radius 1 is 0.426 bits per heavy atom. The van der Waals surface area contributed by atoms with Crippen LogP contribution in [0.15, 0.2) is 164 Å². The standard InChI is InChI=1S/C52H39NS/c1-51(2)41-19-10-7-17-38(41)48-43(51)21-13-22-44(48)53(35-27-24-32(25-28-35)33-26-29-47-40(30-33)37-16-9-12-23-46(37)54-47)45-31-34-14-5-6-15-36(34)50-49(45)39-18-8-11-20-42(39)52(50,3)4/h5-31H,1-4H3. The highest BCUT2D eigenvalue weighted by atomic mass is 32.1. The number of nitrogens with zero attached hydrogens (tertiary/aromatic N) is 1. The van der Waals surface area contributed by atoms with Gasteiger partial charge in [0.1, 0.15) is 0 Å². The largest absolute Gasteiger partial charge is 0.309 e. The van der Waals surface area contributed by atoms with Crippen LogP contribution in [0.1, 0.15) is 49.9 Å². The molecule has 1 nitrogen and oxygen atoms in total. The van der Waals surface area contributed by atoms with Crippen molar-refractivity contribution >= 4 is 59.3 Å². The van der Waals surface area contributed by atoms with Crippen LogP contribution in [0, 0.1) is 0 Å². The van der Waals surface area contributed by atoms with Crippen molar-refractivity contribution in [1.82, 2.24) is 0 Å². The summed E-state index contributed by atoms with van der Waals surface area (Å²) in [5.74, 6) is 0. The molecule has 0 N–H and O–H groups in total. The molecular formula is C52H39NS. The molecule has 0 unspecified atom stereocenters. The lowest BCUT2D eigenvalue weighted by molar-refractivity contribution is 0.660. The van der Waals surface area contributed by atoms with E-state index in [9.17, 15) is 0 Å². The van der Waals surface area contributed by atoms with Gasteiger partial charge in [-0.25, -0.2) is 0 Å². The van der Waals surface area contributed by atoms with Gasteiger partial charge in [-0.05, 0) is 97.7 Å². The summed E-state index contributed by atoms with van der Waals surface area (Å²) in [4.78, 5) is 2.57. The second-order valence-electron chi connectivity index (χ2n) is 16.1. The molecule has 11 rings (SSSR count). The Morgan fingerprint density at radius 3 is 1.83 bits per heavy atom. The third kappa shape index (κ3) is 4.32. The van der Waals surface area contributed by atoms with E-state index in [0.29, 0.717) is 0 Å². The SMILES string of the molecule is CC1(C)c2ccccc2-c2c(N(c3ccc(-c4ccc5sc6ccccc6c5c4)cc3)c3cc4ccccc4c4c3-c3ccccc3C4(C)C)cccc21. The molecule has 1 aromatic heterocycles. The van der Waals surface area contributed by atoms with Gasteiger partial charge in [-0.3, -0.25) is 0 Å². The monoisotopic (exact) mass is 709 g/mol. The van der Waals surface area contributed by atoms with Crippen LogP contribution in [-0.4, -0.2) is 0 Å². The van der Waals surface area contributed by atoms with E-state index in [1.165, 1.54) is 98.0 Å². The number of hydrogen-bond acceptors (Lipinski definition) is 2. The van der Waals surface area contributed by atoms with Crippen LogP contribution in [0.2, 0.25) is 0 Å². The zero-order chi connectivity index (χ0) is 36.3. The lowest BCUT2D eigenvalue weighted by atomic mass is 9.80. The van der Waals surface area contributed by atoms with Gasteiger partial charge in [0, 0.05) is 47.8 Å². The third-order valence-electron chi connectivity index (χ3n) is 12.4. The quantitative estimate of drug-likeness (QED) is 0.176. The molecule has 2 aliphatic rings. The Kier molecular flexibility index (Phi) is 6.59. The minimum Gasteiger partial charge on any atom is -0.309 e. The van der Waals surface area contributed by atoms with Crippen molar-refractivity contribution in [2.45, 2.75) is 38.5 Å². The smallest absolute Gasteiger partial charge is 0.0549 e. The number of thiophene rings is 1. The summed E-state index contributed by atoms with van der Waals surface area (Å²) in [6, 6.07) is 61.5. The molecule has 0 amide bonds. The molecule has 0 saturated heterocycles. The highest BCUT2D eigenvalue weighted by molar-refractivity contribution is 7.25. The van der Waals surface area contributed by atoms with Crippen molar-refractivity contribution in [1.29, 1.82) is 0 Å². The number of anilines is 3. The van der Waals surface area contributed by atoms with Crippen molar-refractivity contribution in [3.8, 4) is 33.4 Å². The second kappa shape index (κ2) is 11.3. The Morgan fingerprint density at radius 2 is 1.04 bits per heavy atom. The summed E-state index contributed by atoms with van der Waals surface area (Å²) in [6.45, 7) is 9.56. The van der Waals surface area contributed by atoms with Crippen LogP contribution in [-0.2, 0) is 10.8 Å². The first-order valence-electron chi connectivity index (χ1n) is 19.0. The summed E-state index contributed by atoms with van der Waals surface area (Å²) in [5.41, 5.74) is 16.6. The molecule has 0 atom stereocenters. The van der Waals surface area contributed by atoms with Crippen molar-refractivity contribution in [3.05, 3.63) is 186 Å². The first kappa shape index (κ1) is 31.6. The fourth-order valence-electron chi connectivity index (χ4n) is 9.85. The summed E-state index contributed by atoms with van der Waals surface area (Å²) in [6.07, 6.45) is 0. The Labute approximate surface area is 320 Å². The lowest BCUT2D eigenvalue weighted by Gasteiger charge is -2.32. The molecule has 0 bridgehead atoms. The molecule has 2 heteroatoms. The molecule has 0 aliphatic heterocycles. The second-order valence-corrected chi connectivity index (χ2v) is 17.2. The molecule has 1 heterocycles. The van der Waals surface area contributed by atoms with Gasteiger partial charge in [0.15, 0.2) is 0 Å². The fourth-order valence-corrected chi connectivity index (χ4v) is 10.9. The molecule has 0 fully saturated rings. The molecule has 9 aromatic rings. The summed E-state index contributed by atoms with van der Waals surface area (Å²) < 4.78 is 2.67. The van der Waals surface area contributed by atoms with Crippen LogP contribution >= 0.6 is 11.3 Å². The number of fused-ring (bicyclic) bond motifs is 11. The fraction of sp³-hybridized carbons (Fsp3) is 0.115. The normalized spacial score (nSPS) is 14.6. The highest BCUT2D eigenvalue weighted by Crippen LogP contribution is 2.59.